The van der Waals surface area contributed by atoms with Gasteiger partial charge < -0.3 is 9.47 Å². The van der Waals surface area contributed by atoms with Gasteiger partial charge in [-0.15, -0.1) is 0 Å². The Morgan fingerprint density at radius 3 is 1.50 bits per heavy atom. The highest BCUT2D eigenvalue weighted by Crippen LogP contribution is 2.37. The van der Waals surface area contributed by atoms with Gasteiger partial charge in [0.2, 0.25) is 3.42 Å². The van der Waals surface area contributed by atoms with Crippen LogP contribution in [0.1, 0.15) is 47.1 Å². The van der Waals surface area contributed by atoms with E-state index in [4.69, 9.17) is 9.47 Å². The number of carbonyl (C=O) groups is 2. The van der Waals surface area contributed by atoms with Crippen LogP contribution in [-0.4, -0.2) is 23.1 Å². The van der Waals surface area contributed by atoms with E-state index in [1.807, 2.05) is 28.7 Å². The molecule has 0 aliphatic heterocycles. The maximum Gasteiger partial charge on any atom is 0.338 e. The van der Waals surface area contributed by atoms with Crippen molar-refractivity contribution >= 4 is 34.5 Å². The van der Waals surface area contributed by atoms with Crippen LogP contribution in [0.4, 0.5) is 0 Å². The number of esters is 2. The third kappa shape index (κ3) is 4.97. The fourth-order valence-electron chi connectivity index (χ4n) is 1.68. The highest BCUT2D eigenvalue weighted by molar-refractivity contribution is 14.1. The highest BCUT2D eigenvalue weighted by atomic mass is 127. The van der Waals surface area contributed by atoms with Gasteiger partial charge in [-0.25, -0.2) is 9.59 Å². The number of benzene rings is 1. The molecule has 0 heterocycles. The van der Waals surface area contributed by atoms with Crippen molar-refractivity contribution in [2.24, 2.45) is 0 Å². The summed E-state index contributed by atoms with van der Waals surface area (Å²) in [5.41, 5.74) is -0.840. The van der Waals surface area contributed by atoms with Crippen LogP contribution in [0.3, 0.4) is 0 Å². The Morgan fingerprint density at radius 1 is 0.818 bits per heavy atom. The third-order valence-electron chi connectivity index (χ3n) is 2.53. The minimum absolute atomic E-state index is 0.541. The van der Waals surface area contributed by atoms with Crippen LogP contribution in [0.2, 0.25) is 0 Å². The maximum absolute atomic E-state index is 12.7. The Kier molecular flexibility index (Phi) is 5.65. The molecular weight excluding hydrogens is 395 g/mol. The second kappa shape index (κ2) is 6.56. The van der Waals surface area contributed by atoms with E-state index in [1.54, 1.807) is 65.8 Å². The van der Waals surface area contributed by atoms with Crippen LogP contribution in [-0.2, 0) is 22.5 Å². The predicted octanol–water partition coefficient (Wildman–Crippen LogP) is 4.00. The van der Waals surface area contributed by atoms with Gasteiger partial charge in [0.15, 0.2) is 0 Å². The second-order valence-corrected chi connectivity index (χ2v) is 8.65. The van der Waals surface area contributed by atoms with Gasteiger partial charge >= 0.3 is 11.9 Å². The fraction of sp³-hybridized carbons (Fsp3) is 0.529. The molecule has 1 rings (SSSR count). The largest absolute Gasteiger partial charge is 0.458 e. The molecular formula is C17H23IO4. The summed E-state index contributed by atoms with van der Waals surface area (Å²) in [6, 6.07) is 8.82. The summed E-state index contributed by atoms with van der Waals surface area (Å²) in [4.78, 5) is 25.4. The lowest BCUT2D eigenvalue weighted by atomic mass is 9.98. The monoisotopic (exact) mass is 418 g/mol. The molecule has 0 amide bonds. The molecule has 0 radical (unpaired) electrons. The average molecular weight is 418 g/mol. The van der Waals surface area contributed by atoms with Crippen LogP contribution < -0.4 is 0 Å². The molecule has 0 atom stereocenters. The molecule has 22 heavy (non-hydrogen) atoms. The molecule has 0 aliphatic rings. The first-order valence-electron chi connectivity index (χ1n) is 7.07. The van der Waals surface area contributed by atoms with E-state index in [1.165, 1.54) is 0 Å². The molecule has 0 fully saturated rings. The first-order chi connectivity index (χ1) is 9.86. The fourth-order valence-corrected chi connectivity index (χ4v) is 2.26. The molecule has 0 N–H and O–H groups in total. The standard InChI is InChI=1S/C17H23IO4/c1-15(2,3)21-13(19)17(18,12-10-8-7-9-11-12)14(20)22-16(4,5)6/h7-11H,1-6H3. The summed E-state index contributed by atoms with van der Waals surface area (Å²) in [5, 5.41) is 0. The van der Waals surface area contributed by atoms with Gasteiger partial charge in [-0.2, -0.15) is 0 Å². The van der Waals surface area contributed by atoms with Crippen molar-refractivity contribution in [1.82, 2.24) is 0 Å². The van der Waals surface area contributed by atoms with Gasteiger partial charge in [-0.05, 0) is 69.7 Å². The van der Waals surface area contributed by atoms with Crippen molar-refractivity contribution < 1.29 is 19.1 Å². The average Bonchev–Trinajstić information content (AvgIpc) is 2.34. The number of hydrogen-bond acceptors (Lipinski definition) is 4. The number of ether oxygens (including phenoxy) is 2. The molecule has 4 nitrogen and oxygen atoms in total. The van der Waals surface area contributed by atoms with Gasteiger partial charge in [0.25, 0.3) is 0 Å². The lowest BCUT2D eigenvalue weighted by Gasteiger charge is -2.31. The molecule has 0 spiro atoms. The molecule has 122 valence electrons. The van der Waals surface area contributed by atoms with Crippen molar-refractivity contribution in [3.63, 3.8) is 0 Å². The Morgan fingerprint density at radius 2 is 1.18 bits per heavy atom. The summed E-state index contributed by atoms with van der Waals surface area (Å²) < 4.78 is 9.36. The molecule has 5 heteroatoms. The molecule has 1 aromatic rings. The molecule has 1 aromatic carbocycles. The number of alkyl halides is 1. The molecule has 0 saturated heterocycles. The second-order valence-electron chi connectivity index (χ2n) is 7.03. The Balaban J connectivity index is 3.27. The van der Waals surface area contributed by atoms with E-state index in [2.05, 4.69) is 0 Å². The summed E-state index contributed by atoms with van der Waals surface area (Å²) in [6.07, 6.45) is 0. The smallest absolute Gasteiger partial charge is 0.338 e. The van der Waals surface area contributed by atoms with E-state index in [0.29, 0.717) is 5.56 Å². The Hall–Kier alpha value is -1.11. The van der Waals surface area contributed by atoms with Crippen LogP contribution in [0.5, 0.6) is 0 Å². The van der Waals surface area contributed by atoms with Crippen molar-refractivity contribution in [1.29, 1.82) is 0 Å². The van der Waals surface area contributed by atoms with Gasteiger partial charge in [-0.3, -0.25) is 0 Å². The molecule has 0 aromatic heterocycles. The first-order valence-corrected chi connectivity index (χ1v) is 8.15. The topological polar surface area (TPSA) is 52.6 Å². The van der Waals surface area contributed by atoms with E-state index < -0.39 is 26.6 Å². The van der Waals surface area contributed by atoms with Crippen LogP contribution >= 0.6 is 22.6 Å². The van der Waals surface area contributed by atoms with Gasteiger partial charge in [0, 0.05) is 0 Å². The number of rotatable bonds is 3. The third-order valence-corrected chi connectivity index (χ3v) is 4.04. The van der Waals surface area contributed by atoms with E-state index in [0.717, 1.165) is 0 Å². The summed E-state index contributed by atoms with van der Waals surface area (Å²) >= 11 is 1.82. The van der Waals surface area contributed by atoms with Crippen LogP contribution in [0, 0.1) is 0 Å². The van der Waals surface area contributed by atoms with Crippen molar-refractivity contribution in [2.45, 2.75) is 56.2 Å². The highest BCUT2D eigenvalue weighted by Gasteiger charge is 2.50. The van der Waals surface area contributed by atoms with E-state index in [-0.39, 0.29) is 0 Å². The minimum atomic E-state index is -1.53. The normalized spacial score (nSPS) is 12.7. The number of hydrogen-bond donors (Lipinski definition) is 0. The van der Waals surface area contributed by atoms with Crippen molar-refractivity contribution in [2.75, 3.05) is 0 Å². The molecule has 0 saturated carbocycles. The molecule has 0 unspecified atom stereocenters. The Labute approximate surface area is 145 Å². The summed E-state index contributed by atoms with van der Waals surface area (Å²) in [6.45, 7) is 10.6. The summed E-state index contributed by atoms with van der Waals surface area (Å²) in [7, 11) is 0. The molecule has 0 aliphatic carbocycles. The van der Waals surface area contributed by atoms with E-state index in [9.17, 15) is 9.59 Å². The van der Waals surface area contributed by atoms with Gasteiger partial charge in [0.1, 0.15) is 11.2 Å². The quantitative estimate of drug-likeness (QED) is 0.322. The van der Waals surface area contributed by atoms with Crippen LogP contribution in [0.15, 0.2) is 30.3 Å². The van der Waals surface area contributed by atoms with Crippen molar-refractivity contribution in [3.8, 4) is 0 Å². The zero-order chi connectivity index (χ0) is 17.2. The van der Waals surface area contributed by atoms with Crippen molar-refractivity contribution in [3.05, 3.63) is 35.9 Å². The predicted molar refractivity (Wildman–Crippen MR) is 93.8 cm³/mol. The number of carbonyl (C=O) groups excluding carboxylic acids is 2. The summed E-state index contributed by atoms with van der Waals surface area (Å²) in [5.74, 6) is -1.25. The molecule has 0 bridgehead atoms. The number of halogens is 1. The van der Waals surface area contributed by atoms with Gasteiger partial charge in [-0.1, -0.05) is 30.3 Å². The zero-order valence-electron chi connectivity index (χ0n) is 13.9. The van der Waals surface area contributed by atoms with Gasteiger partial charge in [0.05, 0.1) is 0 Å². The zero-order valence-corrected chi connectivity index (χ0v) is 16.1. The minimum Gasteiger partial charge on any atom is -0.458 e. The van der Waals surface area contributed by atoms with Crippen LogP contribution in [0.25, 0.3) is 0 Å². The first kappa shape index (κ1) is 18.9. The SMILES string of the molecule is CC(C)(C)OC(=O)C(I)(C(=O)OC(C)(C)C)c1ccccc1. The van der Waals surface area contributed by atoms with E-state index >= 15 is 0 Å². The lowest BCUT2D eigenvalue weighted by molar-refractivity contribution is -0.170. The maximum atomic E-state index is 12.7. The lowest BCUT2D eigenvalue weighted by Crippen LogP contribution is -2.45. The Bertz CT molecular complexity index is 510.